The molecule has 0 atom stereocenters. The van der Waals surface area contributed by atoms with E-state index in [4.69, 9.17) is 16.7 Å². The Balaban J connectivity index is 1.72. The first-order chi connectivity index (χ1) is 13.2. The molecule has 1 saturated carbocycles. The van der Waals surface area contributed by atoms with Crippen molar-refractivity contribution in [2.45, 2.75) is 38.1 Å². The van der Waals surface area contributed by atoms with Gasteiger partial charge < -0.3 is 5.32 Å². The zero-order valence-electron chi connectivity index (χ0n) is 15.1. The second kappa shape index (κ2) is 7.97. The maximum Gasteiger partial charge on any atom is 0.270 e. The van der Waals surface area contributed by atoms with Crippen LogP contribution in [-0.4, -0.2) is 21.7 Å². The van der Waals surface area contributed by atoms with Crippen LogP contribution < -0.4 is 5.32 Å². The van der Waals surface area contributed by atoms with Crippen molar-refractivity contribution in [3.8, 4) is 16.9 Å². The summed E-state index contributed by atoms with van der Waals surface area (Å²) in [5.41, 5.74) is 2.89. The molecule has 1 aliphatic rings. The third-order valence-corrected chi connectivity index (χ3v) is 5.36. The fourth-order valence-electron chi connectivity index (χ4n) is 3.62. The molecule has 0 unspecified atom stereocenters. The molecule has 138 valence electrons. The zero-order chi connectivity index (χ0) is 18.6. The van der Waals surface area contributed by atoms with Crippen LogP contribution in [0.25, 0.3) is 16.9 Å². The number of nitrogens with zero attached hydrogens (tertiary/aromatic N) is 2. The number of carbonyl (C=O) groups is 1. The van der Waals surface area contributed by atoms with Gasteiger partial charge in [-0.05, 0) is 37.1 Å². The average Bonchev–Trinajstić information content (AvgIpc) is 3.15. The number of amides is 1. The van der Waals surface area contributed by atoms with Gasteiger partial charge in [0.2, 0.25) is 0 Å². The number of nitrogens with one attached hydrogen (secondary N) is 1. The van der Waals surface area contributed by atoms with Crippen LogP contribution in [0.5, 0.6) is 0 Å². The van der Waals surface area contributed by atoms with E-state index in [1.165, 1.54) is 19.3 Å². The third-order valence-electron chi connectivity index (χ3n) is 5.03. The van der Waals surface area contributed by atoms with E-state index in [2.05, 4.69) is 5.32 Å². The monoisotopic (exact) mass is 379 g/mol. The maximum absolute atomic E-state index is 13.0. The van der Waals surface area contributed by atoms with Gasteiger partial charge in [-0.3, -0.25) is 4.79 Å². The lowest BCUT2D eigenvalue weighted by Gasteiger charge is -2.22. The molecule has 1 heterocycles. The highest BCUT2D eigenvalue weighted by molar-refractivity contribution is 6.33. The second-order valence-corrected chi connectivity index (χ2v) is 7.36. The number of carbonyl (C=O) groups excluding carboxylic acids is 1. The molecule has 0 spiro atoms. The minimum Gasteiger partial charge on any atom is -0.348 e. The van der Waals surface area contributed by atoms with Crippen molar-refractivity contribution in [1.29, 1.82) is 0 Å². The lowest BCUT2D eigenvalue weighted by atomic mass is 9.95. The molecule has 3 aromatic rings. The number of hydrogen-bond acceptors (Lipinski definition) is 2. The van der Waals surface area contributed by atoms with E-state index in [-0.39, 0.29) is 11.9 Å². The number of para-hydroxylation sites is 1. The van der Waals surface area contributed by atoms with E-state index in [0.29, 0.717) is 16.4 Å². The molecule has 0 saturated heterocycles. The highest BCUT2D eigenvalue weighted by Gasteiger charge is 2.22. The fourth-order valence-corrected chi connectivity index (χ4v) is 3.85. The lowest BCUT2D eigenvalue weighted by Crippen LogP contribution is -2.37. The minimum absolute atomic E-state index is 0.0865. The number of aromatic nitrogens is 2. The summed E-state index contributed by atoms with van der Waals surface area (Å²) in [6.45, 7) is 0. The number of rotatable bonds is 4. The van der Waals surface area contributed by atoms with E-state index in [1.807, 2.05) is 60.7 Å². The van der Waals surface area contributed by atoms with E-state index in [9.17, 15) is 4.79 Å². The first-order valence-electron chi connectivity index (χ1n) is 9.43. The second-order valence-electron chi connectivity index (χ2n) is 6.95. The molecule has 1 aromatic heterocycles. The standard InChI is InChI=1S/C22H22ClN3O/c23-19-14-8-7-13-18(19)20-15-21(22(27)24-16-9-3-1-4-10-16)26(25-20)17-11-5-2-6-12-17/h2,5-8,11-16H,1,3-4,9-10H2,(H,24,27). The summed E-state index contributed by atoms with van der Waals surface area (Å²) in [5.74, 6) is -0.0865. The number of hydrogen-bond donors (Lipinski definition) is 1. The first kappa shape index (κ1) is 17.8. The number of halogens is 1. The van der Waals surface area contributed by atoms with Crippen molar-refractivity contribution >= 4 is 17.5 Å². The van der Waals surface area contributed by atoms with Gasteiger partial charge in [-0.2, -0.15) is 5.10 Å². The van der Waals surface area contributed by atoms with Crippen LogP contribution in [-0.2, 0) is 0 Å². The quantitative estimate of drug-likeness (QED) is 0.672. The third kappa shape index (κ3) is 3.91. The molecule has 1 N–H and O–H groups in total. The van der Waals surface area contributed by atoms with Gasteiger partial charge in [0, 0.05) is 11.6 Å². The van der Waals surface area contributed by atoms with Crippen molar-refractivity contribution in [3.05, 3.63) is 71.4 Å². The number of benzene rings is 2. The molecule has 0 bridgehead atoms. The van der Waals surface area contributed by atoms with Gasteiger partial charge in [0.1, 0.15) is 5.69 Å². The Morgan fingerprint density at radius 2 is 1.70 bits per heavy atom. The van der Waals surface area contributed by atoms with E-state index in [1.54, 1.807) is 4.68 Å². The minimum atomic E-state index is -0.0865. The Kier molecular flexibility index (Phi) is 5.26. The molecule has 1 amide bonds. The lowest BCUT2D eigenvalue weighted by molar-refractivity contribution is 0.0920. The van der Waals surface area contributed by atoms with Crippen molar-refractivity contribution < 1.29 is 4.79 Å². The van der Waals surface area contributed by atoms with Crippen molar-refractivity contribution in [2.24, 2.45) is 0 Å². The summed E-state index contributed by atoms with van der Waals surface area (Å²) < 4.78 is 1.71. The normalized spacial score (nSPS) is 14.9. The zero-order valence-corrected chi connectivity index (χ0v) is 15.8. The molecule has 4 nitrogen and oxygen atoms in total. The van der Waals surface area contributed by atoms with E-state index >= 15 is 0 Å². The van der Waals surface area contributed by atoms with Crippen LogP contribution in [0, 0.1) is 0 Å². The van der Waals surface area contributed by atoms with Crippen molar-refractivity contribution in [2.75, 3.05) is 0 Å². The van der Waals surface area contributed by atoms with Crippen LogP contribution in [0.4, 0.5) is 0 Å². The highest BCUT2D eigenvalue weighted by Crippen LogP contribution is 2.28. The van der Waals surface area contributed by atoms with E-state index < -0.39 is 0 Å². The Labute approximate surface area is 164 Å². The Hall–Kier alpha value is -2.59. The van der Waals surface area contributed by atoms with Crippen LogP contribution in [0.1, 0.15) is 42.6 Å². The molecule has 27 heavy (non-hydrogen) atoms. The van der Waals surface area contributed by atoms with Gasteiger partial charge in [-0.15, -0.1) is 0 Å². The van der Waals surface area contributed by atoms with E-state index in [0.717, 1.165) is 24.1 Å². The van der Waals surface area contributed by atoms with Gasteiger partial charge in [-0.1, -0.05) is 67.3 Å². The smallest absolute Gasteiger partial charge is 0.270 e. The largest absolute Gasteiger partial charge is 0.348 e. The maximum atomic E-state index is 13.0. The molecular formula is C22H22ClN3O. The topological polar surface area (TPSA) is 46.9 Å². The average molecular weight is 380 g/mol. The van der Waals surface area contributed by atoms with Crippen LogP contribution in [0.2, 0.25) is 5.02 Å². The predicted octanol–water partition coefficient (Wildman–Crippen LogP) is 5.26. The van der Waals surface area contributed by atoms with Gasteiger partial charge >= 0.3 is 0 Å². The molecule has 0 radical (unpaired) electrons. The Bertz CT molecular complexity index is 930. The Morgan fingerprint density at radius 1 is 1.00 bits per heavy atom. The molecule has 1 aliphatic carbocycles. The molecular weight excluding hydrogens is 358 g/mol. The SMILES string of the molecule is O=C(NC1CCCCC1)c1cc(-c2ccccc2Cl)nn1-c1ccccc1. The summed E-state index contributed by atoms with van der Waals surface area (Å²) in [6, 6.07) is 19.3. The van der Waals surface area contributed by atoms with Crippen LogP contribution >= 0.6 is 11.6 Å². The van der Waals surface area contributed by atoms with Gasteiger partial charge in [0.25, 0.3) is 5.91 Å². The van der Waals surface area contributed by atoms with Gasteiger partial charge in [0.15, 0.2) is 0 Å². The summed E-state index contributed by atoms with van der Waals surface area (Å²) >= 11 is 6.35. The van der Waals surface area contributed by atoms with Gasteiger partial charge in [-0.25, -0.2) is 4.68 Å². The molecule has 2 aromatic carbocycles. The van der Waals surface area contributed by atoms with Crippen molar-refractivity contribution in [1.82, 2.24) is 15.1 Å². The summed E-state index contributed by atoms with van der Waals surface area (Å²) in [4.78, 5) is 13.0. The predicted molar refractivity (Wildman–Crippen MR) is 108 cm³/mol. The summed E-state index contributed by atoms with van der Waals surface area (Å²) in [5, 5.41) is 8.51. The summed E-state index contributed by atoms with van der Waals surface area (Å²) in [6.07, 6.45) is 5.69. The van der Waals surface area contributed by atoms with Crippen LogP contribution in [0.15, 0.2) is 60.7 Å². The Morgan fingerprint density at radius 3 is 2.44 bits per heavy atom. The molecule has 4 rings (SSSR count). The van der Waals surface area contributed by atoms with Crippen molar-refractivity contribution in [3.63, 3.8) is 0 Å². The highest BCUT2D eigenvalue weighted by atomic mass is 35.5. The molecule has 0 aliphatic heterocycles. The molecule has 1 fully saturated rings. The first-order valence-corrected chi connectivity index (χ1v) is 9.81. The van der Waals surface area contributed by atoms with Gasteiger partial charge in [0.05, 0.1) is 16.4 Å². The molecule has 5 heteroatoms. The summed E-state index contributed by atoms with van der Waals surface area (Å²) in [7, 11) is 0. The fraction of sp³-hybridized carbons (Fsp3) is 0.273. The van der Waals surface area contributed by atoms with Crippen LogP contribution in [0.3, 0.4) is 0 Å².